The normalized spacial score (nSPS) is 19.6. The number of hydrogen-bond acceptors (Lipinski definition) is 3. The van der Waals surface area contributed by atoms with Crippen molar-refractivity contribution in [2.75, 3.05) is 6.61 Å². The van der Waals surface area contributed by atoms with E-state index < -0.39 is 0 Å². The third-order valence-corrected chi connectivity index (χ3v) is 4.01. The van der Waals surface area contributed by atoms with Gasteiger partial charge in [0.05, 0.1) is 22.8 Å². The van der Waals surface area contributed by atoms with Crippen LogP contribution >= 0.6 is 11.6 Å². The van der Waals surface area contributed by atoms with Gasteiger partial charge < -0.3 is 4.74 Å². The summed E-state index contributed by atoms with van der Waals surface area (Å²) >= 11 is 6.32. The lowest BCUT2D eigenvalue weighted by Crippen LogP contribution is -2.30. The highest BCUT2D eigenvalue weighted by atomic mass is 35.5. The number of ether oxygens (including phenoxy) is 1. The number of aryl methyl sites for hydroxylation is 2. The first-order chi connectivity index (χ1) is 9.17. The predicted octanol–water partition coefficient (Wildman–Crippen LogP) is 2.80. The van der Waals surface area contributed by atoms with Gasteiger partial charge in [0, 0.05) is 13.2 Å². The van der Waals surface area contributed by atoms with Crippen molar-refractivity contribution in [2.45, 2.75) is 58.6 Å². The molecule has 2 heterocycles. The van der Waals surface area contributed by atoms with Gasteiger partial charge >= 0.3 is 0 Å². The zero-order valence-corrected chi connectivity index (χ0v) is 12.4. The van der Waals surface area contributed by atoms with E-state index in [1.54, 1.807) is 0 Å². The molecule has 4 nitrogen and oxygen atoms in total. The van der Waals surface area contributed by atoms with Crippen LogP contribution in [0.4, 0.5) is 0 Å². The summed E-state index contributed by atoms with van der Waals surface area (Å²) in [6.07, 6.45) is 3.80. The minimum atomic E-state index is -0.255. The van der Waals surface area contributed by atoms with Crippen LogP contribution in [0, 0.1) is 0 Å². The van der Waals surface area contributed by atoms with E-state index in [9.17, 15) is 4.79 Å². The molecule has 2 rings (SSSR count). The number of Topliss-reactive ketones (excluding diaryl/α,β-unsaturated/α-hetero) is 1. The fourth-order valence-corrected chi connectivity index (χ4v) is 2.80. The van der Waals surface area contributed by atoms with E-state index >= 15 is 0 Å². The van der Waals surface area contributed by atoms with Crippen molar-refractivity contribution in [2.24, 2.45) is 0 Å². The van der Waals surface area contributed by atoms with Crippen LogP contribution in [-0.4, -0.2) is 28.3 Å². The molecule has 0 amide bonds. The molecule has 0 N–H and O–H groups in total. The van der Waals surface area contributed by atoms with Crippen LogP contribution in [0.3, 0.4) is 0 Å². The van der Waals surface area contributed by atoms with E-state index in [0.29, 0.717) is 18.1 Å². The SMILES string of the molecule is CCc1nn(CC)c(CC(=O)C2CCCCO2)c1Cl. The minimum Gasteiger partial charge on any atom is -0.370 e. The molecule has 1 aromatic rings. The Bertz CT molecular complexity index is 451. The Morgan fingerprint density at radius 2 is 2.26 bits per heavy atom. The largest absolute Gasteiger partial charge is 0.370 e. The van der Waals surface area contributed by atoms with Crippen molar-refractivity contribution in [1.82, 2.24) is 9.78 Å². The number of rotatable bonds is 5. The third kappa shape index (κ3) is 3.18. The molecule has 19 heavy (non-hydrogen) atoms. The second-order valence-corrected chi connectivity index (χ2v) is 5.25. The van der Waals surface area contributed by atoms with Crippen molar-refractivity contribution in [1.29, 1.82) is 0 Å². The molecule has 106 valence electrons. The summed E-state index contributed by atoms with van der Waals surface area (Å²) in [5, 5.41) is 5.08. The maximum Gasteiger partial charge on any atom is 0.167 e. The van der Waals surface area contributed by atoms with Crippen molar-refractivity contribution in [3.05, 3.63) is 16.4 Å². The summed E-state index contributed by atoms with van der Waals surface area (Å²) in [5.74, 6) is 0.124. The Balaban J connectivity index is 2.13. The third-order valence-electron chi connectivity index (χ3n) is 3.57. The summed E-state index contributed by atoms with van der Waals surface area (Å²) in [4.78, 5) is 12.3. The summed E-state index contributed by atoms with van der Waals surface area (Å²) < 4.78 is 7.37. The van der Waals surface area contributed by atoms with Crippen molar-refractivity contribution >= 4 is 17.4 Å². The van der Waals surface area contributed by atoms with E-state index in [1.165, 1.54) is 0 Å². The first kappa shape index (κ1) is 14.5. The van der Waals surface area contributed by atoms with E-state index in [1.807, 2.05) is 18.5 Å². The predicted molar refractivity (Wildman–Crippen MR) is 74.6 cm³/mol. The van der Waals surface area contributed by atoms with Crippen molar-refractivity contribution in [3.63, 3.8) is 0 Å². The van der Waals surface area contributed by atoms with E-state index in [-0.39, 0.29) is 11.9 Å². The maximum absolute atomic E-state index is 12.3. The standard InChI is InChI=1S/C14H21ClN2O2/c1-3-10-14(15)11(17(4-2)16-10)9-12(18)13-7-5-6-8-19-13/h13H,3-9H2,1-2H3. The molecule has 1 aromatic heterocycles. The van der Waals surface area contributed by atoms with Crippen molar-refractivity contribution < 1.29 is 9.53 Å². The zero-order chi connectivity index (χ0) is 13.8. The Morgan fingerprint density at radius 3 is 2.84 bits per heavy atom. The number of hydrogen-bond donors (Lipinski definition) is 0. The fraction of sp³-hybridized carbons (Fsp3) is 0.714. The lowest BCUT2D eigenvalue weighted by molar-refractivity contribution is -0.132. The second kappa shape index (κ2) is 6.53. The lowest BCUT2D eigenvalue weighted by Gasteiger charge is -2.21. The first-order valence-corrected chi connectivity index (χ1v) is 7.43. The molecular weight excluding hydrogens is 264 g/mol. The van der Waals surface area contributed by atoms with Gasteiger partial charge in [-0.15, -0.1) is 0 Å². The van der Waals surface area contributed by atoms with Crippen LogP contribution in [0.1, 0.15) is 44.5 Å². The summed E-state index contributed by atoms with van der Waals surface area (Å²) in [5.41, 5.74) is 1.70. The minimum absolute atomic E-state index is 0.124. The number of nitrogens with zero attached hydrogens (tertiary/aromatic N) is 2. The fourth-order valence-electron chi connectivity index (χ4n) is 2.46. The van der Waals surface area contributed by atoms with E-state index in [0.717, 1.165) is 43.6 Å². The summed E-state index contributed by atoms with van der Waals surface area (Å²) in [6.45, 7) is 5.45. The topological polar surface area (TPSA) is 44.1 Å². The molecule has 0 aromatic carbocycles. The molecule has 0 bridgehead atoms. The van der Waals surface area contributed by atoms with Crippen LogP contribution < -0.4 is 0 Å². The molecule has 1 aliphatic heterocycles. The monoisotopic (exact) mass is 284 g/mol. The van der Waals surface area contributed by atoms with Gasteiger partial charge in [-0.2, -0.15) is 5.10 Å². The number of carbonyl (C=O) groups is 1. The number of ketones is 1. The number of carbonyl (C=O) groups excluding carboxylic acids is 1. The van der Waals surface area contributed by atoms with Gasteiger partial charge in [-0.05, 0) is 32.6 Å². The lowest BCUT2D eigenvalue weighted by atomic mass is 10.0. The molecule has 0 saturated carbocycles. The summed E-state index contributed by atoms with van der Waals surface area (Å²) in [7, 11) is 0. The molecule has 0 radical (unpaired) electrons. The molecule has 1 saturated heterocycles. The van der Waals surface area contributed by atoms with Crippen LogP contribution in [0.5, 0.6) is 0 Å². The molecule has 0 spiro atoms. The number of halogens is 1. The quantitative estimate of drug-likeness (QED) is 0.835. The average molecular weight is 285 g/mol. The van der Waals surface area contributed by atoms with Crippen molar-refractivity contribution in [3.8, 4) is 0 Å². The Kier molecular flexibility index (Phi) is 4.99. The Labute approximate surface area is 119 Å². The zero-order valence-electron chi connectivity index (χ0n) is 11.6. The van der Waals surface area contributed by atoms with Gasteiger partial charge in [0.25, 0.3) is 0 Å². The van der Waals surface area contributed by atoms with Crippen LogP contribution in [-0.2, 0) is 28.9 Å². The molecule has 5 heteroatoms. The smallest absolute Gasteiger partial charge is 0.167 e. The van der Waals surface area contributed by atoms with Gasteiger partial charge in [0.1, 0.15) is 6.10 Å². The van der Waals surface area contributed by atoms with Gasteiger partial charge in [0.2, 0.25) is 0 Å². The highest BCUT2D eigenvalue weighted by Crippen LogP contribution is 2.24. The van der Waals surface area contributed by atoms with E-state index in [4.69, 9.17) is 16.3 Å². The molecule has 1 atom stereocenters. The van der Waals surface area contributed by atoms with Crippen LogP contribution in [0.2, 0.25) is 5.02 Å². The van der Waals surface area contributed by atoms with Gasteiger partial charge in [0.15, 0.2) is 5.78 Å². The average Bonchev–Trinajstić information content (AvgIpc) is 2.76. The van der Waals surface area contributed by atoms with Gasteiger partial charge in [-0.25, -0.2) is 0 Å². The summed E-state index contributed by atoms with van der Waals surface area (Å²) in [6, 6.07) is 0. The molecule has 1 fully saturated rings. The Morgan fingerprint density at radius 1 is 1.47 bits per heavy atom. The maximum atomic E-state index is 12.3. The van der Waals surface area contributed by atoms with Gasteiger partial charge in [-0.3, -0.25) is 9.48 Å². The second-order valence-electron chi connectivity index (χ2n) is 4.87. The molecule has 1 unspecified atom stereocenters. The molecule has 0 aliphatic carbocycles. The molecule has 1 aliphatic rings. The first-order valence-electron chi connectivity index (χ1n) is 7.05. The van der Waals surface area contributed by atoms with Crippen LogP contribution in [0.25, 0.3) is 0 Å². The number of aromatic nitrogens is 2. The highest BCUT2D eigenvalue weighted by molar-refractivity contribution is 6.32. The Hall–Kier alpha value is -0.870. The highest BCUT2D eigenvalue weighted by Gasteiger charge is 2.25. The molecular formula is C14H21ClN2O2. The van der Waals surface area contributed by atoms with Crippen LogP contribution in [0.15, 0.2) is 0 Å². The van der Waals surface area contributed by atoms with Gasteiger partial charge in [-0.1, -0.05) is 18.5 Å². The van der Waals surface area contributed by atoms with E-state index in [2.05, 4.69) is 5.10 Å².